The first kappa shape index (κ1) is 21.3. The molecular formula is C28H29N3O2. The van der Waals surface area contributed by atoms with E-state index in [0.717, 1.165) is 59.7 Å². The van der Waals surface area contributed by atoms with Crippen molar-refractivity contribution in [1.29, 1.82) is 0 Å². The zero-order chi connectivity index (χ0) is 22.8. The molecule has 168 valence electrons. The van der Waals surface area contributed by atoms with Crippen molar-refractivity contribution in [3.63, 3.8) is 0 Å². The first-order valence-corrected chi connectivity index (χ1v) is 11.4. The van der Waals surface area contributed by atoms with Gasteiger partial charge >= 0.3 is 0 Å². The number of hydrogen-bond donors (Lipinski definition) is 1. The summed E-state index contributed by atoms with van der Waals surface area (Å²) in [7, 11) is 1.68. The molecule has 0 radical (unpaired) electrons. The van der Waals surface area contributed by atoms with Crippen LogP contribution in [0.5, 0.6) is 5.75 Å². The molecule has 1 aliphatic rings. The van der Waals surface area contributed by atoms with Crippen molar-refractivity contribution in [3.05, 3.63) is 95.7 Å². The maximum atomic E-state index is 14.1. The number of aromatic nitrogens is 1. The fourth-order valence-corrected chi connectivity index (χ4v) is 4.93. The molecule has 1 aromatic heterocycles. The van der Waals surface area contributed by atoms with E-state index in [2.05, 4.69) is 39.0 Å². The average molecular weight is 440 g/mol. The number of carbonyl (C=O) groups is 1. The third-order valence-corrected chi connectivity index (χ3v) is 6.62. The van der Waals surface area contributed by atoms with E-state index in [0.29, 0.717) is 0 Å². The number of ketones is 1. The van der Waals surface area contributed by atoms with Crippen molar-refractivity contribution in [3.8, 4) is 5.75 Å². The van der Waals surface area contributed by atoms with Crippen LogP contribution in [0.2, 0.25) is 0 Å². The number of aryl methyl sites for hydroxylation is 1. The zero-order valence-corrected chi connectivity index (χ0v) is 19.1. The average Bonchev–Trinajstić information content (AvgIpc) is 3.21. The van der Waals surface area contributed by atoms with Gasteiger partial charge in [0.25, 0.3) is 0 Å². The SMILES string of the molecule is COc1ccc(N2CCN([C@@H](C(=O)c3c(C)[nH]c4ccccc34)c3ccccc3)CC2)cc1. The lowest BCUT2D eigenvalue weighted by Gasteiger charge is -2.40. The number of fused-ring (bicyclic) bond motifs is 1. The molecule has 5 heteroatoms. The Morgan fingerprint density at radius 3 is 2.24 bits per heavy atom. The summed E-state index contributed by atoms with van der Waals surface area (Å²) in [4.78, 5) is 22.2. The molecule has 4 aromatic rings. The largest absolute Gasteiger partial charge is 0.497 e. The molecule has 5 rings (SSSR count). The molecule has 0 unspecified atom stereocenters. The van der Waals surface area contributed by atoms with Gasteiger partial charge in [-0.1, -0.05) is 48.5 Å². The van der Waals surface area contributed by atoms with Crippen molar-refractivity contribution in [1.82, 2.24) is 9.88 Å². The van der Waals surface area contributed by atoms with Crippen molar-refractivity contribution in [2.45, 2.75) is 13.0 Å². The van der Waals surface area contributed by atoms with Gasteiger partial charge in [-0.25, -0.2) is 0 Å². The van der Waals surface area contributed by atoms with Gasteiger partial charge < -0.3 is 14.6 Å². The lowest BCUT2D eigenvalue weighted by atomic mass is 9.93. The number of carbonyl (C=O) groups excluding carboxylic acids is 1. The molecule has 5 nitrogen and oxygen atoms in total. The number of rotatable bonds is 6. The number of nitrogens with zero attached hydrogens (tertiary/aromatic N) is 2. The molecular weight excluding hydrogens is 410 g/mol. The van der Waals surface area contributed by atoms with Gasteiger partial charge in [-0.3, -0.25) is 9.69 Å². The maximum absolute atomic E-state index is 14.1. The zero-order valence-electron chi connectivity index (χ0n) is 19.1. The molecule has 3 aromatic carbocycles. The fourth-order valence-electron chi connectivity index (χ4n) is 4.93. The van der Waals surface area contributed by atoms with Crippen LogP contribution in [0.15, 0.2) is 78.9 Å². The van der Waals surface area contributed by atoms with E-state index < -0.39 is 0 Å². The van der Waals surface area contributed by atoms with Gasteiger partial charge in [0.1, 0.15) is 5.75 Å². The van der Waals surface area contributed by atoms with Gasteiger partial charge in [0.05, 0.1) is 13.2 Å². The van der Waals surface area contributed by atoms with Gasteiger partial charge in [-0.2, -0.15) is 0 Å². The molecule has 33 heavy (non-hydrogen) atoms. The van der Waals surface area contributed by atoms with Crippen LogP contribution in [0.25, 0.3) is 10.9 Å². The second-order valence-corrected chi connectivity index (χ2v) is 8.57. The first-order chi connectivity index (χ1) is 16.2. The smallest absolute Gasteiger partial charge is 0.186 e. The van der Waals surface area contributed by atoms with Crippen LogP contribution < -0.4 is 9.64 Å². The molecule has 1 atom stereocenters. The van der Waals surface area contributed by atoms with Crippen molar-refractivity contribution >= 4 is 22.4 Å². The highest BCUT2D eigenvalue weighted by Gasteiger charge is 2.33. The standard InChI is InChI=1S/C28H29N3O2/c1-20-26(24-10-6-7-11-25(24)29-20)28(32)27(21-8-4-3-5-9-21)31-18-16-30(17-19-31)22-12-14-23(33-2)15-13-22/h3-15,27,29H,16-19H2,1-2H3/t27-/m1/s1. The Morgan fingerprint density at radius 1 is 0.879 bits per heavy atom. The van der Waals surface area contributed by atoms with Crippen molar-refractivity contribution in [2.24, 2.45) is 0 Å². The van der Waals surface area contributed by atoms with E-state index in [-0.39, 0.29) is 11.8 Å². The summed E-state index contributed by atoms with van der Waals surface area (Å²) in [6.07, 6.45) is 0. The summed E-state index contributed by atoms with van der Waals surface area (Å²) >= 11 is 0. The number of para-hydroxylation sites is 1. The van der Waals surface area contributed by atoms with Crippen molar-refractivity contribution in [2.75, 3.05) is 38.2 Å². The van der Waals surface area contributed by atoms with E-state index in [1.807, 2.05) is 61.5 Å². The molecule has 1 fully saturated rings. The van der Waals surface area contributed by atoms with Crippen molar-refractivity contribution < 1.29 is 9.53 Å². The molecule has 0 saturated carbocycles. The summed E-state index contributed by atoms with van der Waals surface area (Å²) in [6, 6.07) is 26.1. The molecule has 1 N–H and O–H groups in total. The van der Waals surface area contributed by atoms with E-state index in [1.54, 1.807) is 7.11 Å². The highest BCUT2D eigenvalue weighted by Crippen LogP contribution is 2.32. The van der Waals surface area contributed by atoms with E-state index in [4.69, 9.17) is 4.74 Å². The fraction of sp³-hybridized carbons (Fsp3) is 0.250. The number of hydrogen-bond acceptors (Lipinski definition) is 4. The molecule has 1 aliphatic heterocycles. The molecule has 0 aliphatic carbocycles. The van der Waals surface area contributed by atoms with Gasteiger partial charge in [0.2, 0.25) is 0 Å². The topological polar surface area (TPSA) is 48.6 Å². The molecule has 1 saturated heterocycles. The molecule has 0 spiro atoms. The second-order valence-electron chi connectivity index (χ2n) is 8.57. The Kier molecular flexibility index (Phi) is 5.88. The molecule has 0 bridgehead atoms. The van der Waals surface area contributed by atoms with Gasteiger partial charge in [0.15, 0.2) is 5.78 Å². The lowest BCUT2D eigenvalue weighted by Crippen LogP contribution is -2.49. The normalized spacial score (nSPS) is 15.5. The Balaban J connectivity index is 1.43. The summed E-state index contributed by atoms with van der Waals surface area (Å²) in [5.74, 6) is 1.02. The van der Waals surface area contributed by atoms with Crippen LogP contribution >= 0.6 is 0 Å². The number of aromatic amines is 1. The van der Waals surface area contributed by atoms with E-state index in [1.165, 1.54) is 5.69 Å². The highest BCUT2D eigenvalue weighted by atomic mass is 16.5. The maximum Gasteiger partial charge on any atom is 0.186 e. The number of benzene rings is 3. The summed E-state index contributed by atoms with van der Waals surface area (Å²) in [5, 5.41) is 0.998. The second kappa shape index (κ2) is 9.12. The minimum atomic E-state index is -0.304. The Morgan fingerprint density at radius 2 is 1.55 bits per heavy atom. The Labute approximate surface area is 194 Å². The minimum absolute atomic E-state index is 0.161. The third kappa shape index (κ3) is 4.12. The van der Waals surface area contributed by atoms with Gasteiger partial charge in [-0.05, 0) is 42.8 Å². The summed E-state index contributed by atoms with van der Waals surface area (Å²) in [5.41, 5.74) is 4.97. The molecule has 2 heterocycles. The first-order valence-electron chi connectivity index (χ1n) is 11.4. The number of H-pyrrole nitrogens is 1. The van der Waals surface area contributed by atoms with Crippen LogP contribution in [-0.4, -0.2) is 49.0 Å². The Bertz CT molecular complexity index is 1240. The number of Topliss-reactive ketones (excluding diaryl/α,β-unsaturated/α-hetero) is 1. The van der Waals surface area contributed by atoms with Crippen LogP contribution in [-0.2, 0) is 0 Å². The monoisotopic (exact) mass is 439 g/mol. The lowest BCUT2D eigenvalue weighted by molar-refractivity contribution is 0.0807. The number of anilines is 1. The number of ether oxygens (including phenoxy) is 1. The van der Waals surface area contributed by atoms with Crippen LogP contribution in [0, 0.1) is 6.92 Å². The predicted octanol–water partition coefficient (Wildman–Crippen LogP) is 5.23. The highest BCUT2D eigenvalue weighted by molar-refractivity contribution is 6.11. The predicted molar refractivity (Wildman–Crippen MR) is 133 cm³/mol. The number of methoxy groups -OCH3 is 1. The van der Waals surface area contributed by atoms with E-state index >= 15 is 0 Å². The van der Waals surface area contributed by atoms with Crippen LogP contribution in [0.3, 0.4) is 0 Å². The Hall–Kier alpha value is -3.57. The van der Waals surface area contributed by atoms with Gasteiger partial charge in [-0.15, -0.1) is 0 Å². The third-order valence-electron chi connectivity index (χ3n) is 6.62. The van der Waals surface area contributed by atoms with Crippen LogP contribution in [0.1, 0.15) is 27.7 Å². The number of nitrogens with one attached hydrogen (secondary N) is 1. The quantitative estimate of drug-likeness (QED) is 0.418. The van der Waals surface area contributed by atoms with Gasteiger partial charge in [0, 0.05) is 54.0 Å². The van der Waals surface area contributed by atoms with Crippen LogP contribution in [0.4, 0.5) is 5.69 Å². The summed E-state index contributed by atoms with van der Waals surface area (Å²) in [6.45, 7) is 5.37. The number of piperazine rings is 1. The minimum Gasteiger partial charge on any atom is -0.497 e. The molecule has 0 amide bonds. The van der Waals surface area contributed by atoms with E-state index in [9.17, 15) is 4.79 Å². The summed E-state index contributed by atoms with van der Waals surface area (Å²) < 4.78 is 5.29.